The molecule has 0 aliphatic carbocycles. The Labute approximate surface area is 104 Å². The molecule has 0 bridgehead atoms. The van der Waals surface area contributed by atoms with Gasteiger partial charge in [-0.1, -0.05) is 18.7 Å². The minimum atomic E-state index is -0.594. The number of rotatable bonds is 6. The molecule has 0 saturated heterocycles. The first-order valence-electron chi connectivity index (χ1n) is 4.86. The Morgan fingerprint density at radius 1 is 1.29 bits per heavy atom. The second kappa shape index (κ2) is 6.70. The minimum absolute atomic E-state index is 0.0790. The Kier molecular flexibility index (Phi) is 5.23. The Balaban J connectivity index is 2.49. The van der Waals surface area contributed by atoms with Gasteiger partial charge in [0.15, 0.2) is 0 Å². The van der Waals surface area contributed by atoms with Crippen molar-refractivity contribution in [2.75, 3.05) is 13.2 Å². The third kappa shape index (κ3) is 4.28. The van der Waals surface area contributed by atoms with Crippen molar-refractivity contribution in [3.63, 3.8) is 0 Å². The van der Waals surface area contributed by atoms with Crippen LogP contribution in [-0.2, 0) is 9.53 Å². The van der Waals surface area contributed by atoms with E-state index in [9.17, 15) is 9.59 Å². The van der Waals surface area contributed by atoms with Crippen LogP contribution in [0.3, 0.4) is 0 Å². The van der Waals surface area contributed by atoms with Crippen molar-refractivity contribution in [3.8, 4) is 5.75 Å². The fourth-order valence-corrected chi connectivity index (χ4v) is 1.26. The van der Waals surface area contributed by atoms with Crippen molar-refractivity contribution in [1.29, 1.82) is 0 Å². The van der Waals surface area contributed by atoms with E-state index in [2.05, 4.69) is 6.58 Å². The SMILES string of the molecule is C=CC(=O)OCCOc1ccccc1C(=O)Cl. The monoisotopic (exact) mass is 254 g/mol. The summed E-state index contributed by atoms with van der Waals surface area (Å²) in [7, 11) is 0. The van der Waals surface area contributed by atoms with Gasteiger partial charge in [0.2, 0.25) is 0 Å². The van der Waals surface area contributed by atoms with Crippen molar-refractivity contribution in [2.45, 2.75) is 0 Å². The number of carbonyl (C=O) groups excluding carboxylic acids is 2. The Morgan fingerprint density at radius 3 is 2.65 bits per heavy atom. The van der Waals surface area contributed by atoms with Crippen molar-refractivity contribution in [1.82, 2.24) is 0 Å². The molecule has 0 fully saturated rings. The zero-order chi connectivity index (χ0) is 12.7. The van der Waals surface area contributed by atoms with Crippen LogP contribution in [0, 0.1) is 0 Å². The topological polar surface area (TPSA) is 52.6 Å². The van der Waals surface area contributed by atoms with Crippen LogP contribution in [-0.4, -0.2) is 24.4 Å². The lowest BCUT2D eigenvalue weighted by Gasteiger charge is -2.08. The van der Waals surface area contributed by atoms with Crippen LogP contribution in [0.2, 0.25) is 0 Å². The second-order valence-electron chi connectivity index (χ2n) is 2.99. The van der Waals surface area contributed by atoms with Crippen LogP contribution >= 0.6 is 11.6 Å². The zero-order valence-corrected chi connectivity index (χ0v) is 9.77. The predicted octanol–water partition coefficient (Wildman–Crippen LogP) is 2.17. The lowest BCUT2D eigenvalue weighted by atomic mass is 10.2. The quantitative estimate of drug-likeness (QED) is 0.338. The largest absolute Gasteiger partial charge is 0.489 e. The summed E-state index contributed by atoms with van der Waals surface area (Å²) in [6.07, 6.45) is 1.07. The molecule has 0 radical (unpaired) electrons. The smallest absolute Gasteiger partial charge is 0.330 e. The third-order valence-corrected chi connectivity index (χ3v) is 2.05. The Bertz CT molecular complexity index is 428. The van der Waals surface area contributed by atoms with Gasteiger partial charge in [-0.25, -0.2) is 4.79 Å². The summed E-state index contributed by atoms with van der Waals surface area (Å²) in [5.74, 6) is -0.155. The maximum atomic E-state index is 11.0. The highest BCUT2D eigenvalue weighted by molar-refractivity contribution is 6.68. The fourth-order valence-electron chi connectivity index (χ4n) is 1.11. The number of esters is 1. The summed E-state index contributed by atoms with van der Waals surface area (Å²) in [4.78, 5) is 21.8. The maximum Gasteiger partial charge on any atom is 0.330 e. The molecule has 4 nitrogen and oxygen atoms in total. The second-order valence-corrected chi connectivity index (χ2v) is 3.33. The molecule has 0 spiro atoms. The highest BCUT2D eigenvalue weighted by Gasteiger charge is 2.08. The molecule has 0 aromatic heterocycles. The van der Waals surface area contributed by atoms with Gasteiger partial charge >= 0.3 is 5.97 Å². The predicted molar refractivity (Wildman–Crippen MR) is 63.3 cm³/mol. The van der Waals surface area contributed by atoms with E-state index in [-0.39, 0.29) is 18.8 Å². The van der Waals surface area contributed by atoms with Gasteiger partial charge in [0.25, 0.3) is 5.24 Å². The molecule has 5 heteroatoms. The third-order valence-electron chi connectivity index (χ3n) is 1.85. The summed E-state index contributed by atoms with van der Waals surface area (Å²) in [6.45, 7) is 3.48. The van der Waals surface area contributed by atoms with Gasteiger partial charge in [-0.2, -0.15) is 0 Å². The van der Waals surface area contributed by atoms with Crippen LogP contribution in [0.15, 0.2) is 36.9 Å². The first kappa shape index (κ1) is 13.3. The highest BCUT2D eigenvalue weighted by atomic mass is 35.5. The van der Waals surface area contributed by atoms with Gasteiger partial charge in [-0.15, -0.1) is 0 Å². The molecule has 17 heavy (non-hydrogen) atoms. The molecule has 0 saturated carbocycles. The van der Waals surface area contributed by atoms with E-state index in [1.54, 1.807) is 24.3 Å². The van der Waals surface area contributed by atoms with Gasteiger partial charge in [0, 0.05) is 6.08 Å². The van der Waals surface area contributed by atoms with E-state index >= 15 is 0 Å². The van der Waals surface area contributed by atoms with E-state index in [1.165, 1.54) is 0 Å². The van der Waals surface area contributed by atoms with Crippen LogP contribution in [0.25, 0.3) is 0 Å². The number of halogens is 1. The number of hydrogen-bond acceptors (Lipinski definition) is 4. The van der Waals surface area contributed by atoms with Gasteiger partial charge in [0.05, 0.1) is 5.56 Å². The fraction of sp³-hybridized carbons (Fsp3) is 0.167. The molecule has 0 N–H and O–H groups in total. The van der Waals surface area contributed by atoms with E-state index in [1.807, 2.05) is 0 Å². The minimum Gasteiger partial charge on any atom is -0.489 e. The number of ether oxygens (including phenoxy) is 2. The molecule has 0 unspecified atom stereocenters. The van der Waals surface area contributed by atoms with Crippen LogP contribution in [0.5, 0.6) is 5.75 Å². The Hall–Kier alpha value is -1.81. The van der Waals surface area contributed by atoms with Gasteiger partial charge in [-0.3, -0.25) is 4.79 Å². The van der Waals surface area contributed by atoms with E-state index in [4.69, 9.17) is 21.1 Å². The van der Waals surface area contributed by atoms with Crippen LogP contribution < -0.4 is 4.74 Å². The molecule has 90 valence electrons. The maximum absolute atomic E-state index is 11.0. The van der Waals surface area contributed by atoms with Crippen molar-refractivity contribution in [2.24, 2.45) is 0 Å². The number of para-hydroxylation sites is 1. The van der Waals surface area contributed by atoms with E-state index in [0.717, 1.165) is 6.08 Å². The molecule has 1 rings (SSSR count). The molecule has 0 heterocycles. The van der Waals surface area contributed by atoms with Crippen LogP contribution in [0.4, 0.5) is 0 Å². The van der Waals surface area contributed by atoms with Crippen LogP contribution in [0.1, 0.15) is 10.4 Å². The van der Waals surface area contributed by atoms with Gasteiger partial charge in [-0.05, 0) is 23.7 Å². The van der Waals surface area contributed by atoms with Gasteiger partial charge < -0.3 is 9.47 Å². The number of carbonyl (C=O) groups is 2. The molecule has 0 atom stereocenters. The first-order valence-corrected chi connectivity index (χ1v) is 5.24. The molecule has 1 aromatic rings. The number of benzene rings is 1. The summed E-state index contributed by atoms with van der Waals surface area (Å²) in [6, 6.07) is 6.57. The summed E-state index contributed by atoms with van der Waals surface area (Å²) in [5, 5.41) is -0.594. The van der Waals surface area contributed by atoms with E-state index < -0.39 is 11.2 Å². The molecular formula is C12H11ClO4. The van der Waals surface area contributed by atoms with E-state index in [0.29, 0.717) is 5.75 Å². The highest BCUT2D eigenvalue weighted by Crippen LogP contribution is 2.19. The van der Waals surface area contributed by atoms with Crippen molar-refractivity contribution in [3.05, 3.63) is 42.5 Å². The average molecular weight is 255 g/mol. The molecule has 0 amide bonds. The zero-order valence-electron chi connectivity index (χ0n) is 9.02. The van der Waals surface area contributed by atoms with Crippen molar-refractivity contribution >= 4 is 22.8 Å². The van der Waals surface area contributed by atoms with Crippen molar-refractivity contribution < 1.29 is 19.1 Å². The Morgan fingerprint density at radius 2 is 2.00 bits per heavy atom. The van der Waals surface area contributed by atoms with Gasteiger partial charge in [0.1, 0.15) is 19.0 Å². The standard InChI is InChI=1S/C12H11ClO4/c1-2-11(14)17-8-7-16-10-6-4-3-5-9(10)12(13)15/h2-6H,1,7-8H2. The number of hydrogen-bond donors (Lipinski definition) is 0. The first-order chi connectivity index (χ1) is 8.15. The summed E-state index contributed by atoms with van der Waals surface area (Å²) >= 11 is 5.38. The average Bonchev–Trinajstić information content (AvgIpc) is 2.34. The molecule has 1 aromatic carbocycles. The summed E-state index contributed by atoms with van der Waals surface area (Å²) < 4.78 is 9.99. The molecule has 0 aliphatic heterocycles. The summed E-state index contributed by atoms with van der Waals surface area (Å²) in [5.41, 5.74) is 0.282. The molecular weight excluding hydrogens is 244 g/mol. The molecule has 0 aliphatic rings. The lowest BCUT2D eigenvalue weighted by Crippen LogP contribution is -2.11. The normalized spacial score (nSPS) is 9.47. The lowest BCUT2D eigenvalue weighted by molar-refractivity contribution is -0.138.